The van der Waals surface area contributed by atoms with Gasteiger partial charge in [0, 0.05) is 5.56 Å². The molecule has 0 aromatic carbocycles. The fourth-order valence-electron chi connectivity index (χ4n) is 0.703. The van der Waals surface area contributed by atoms with Crippen LogP contribution < -0.4 is 0 Å². The highest BCUT2D eigenvalue weighted by Crippen LogP contribution is 2.15. The zero-order valence-electron chi connectivity index (χ0n) is 8.52. The number of carbonyl (C=O) groups excluding carboxylic acids is 1. The predicted molar refractivity (Wildman–Crippen MR) is 49.1 cm³/mol. The van der Waals surface area contributed by atoms with Gasteiger partial charge in [-0.3, -0.25) is 4.79 Å². The average Bonchev–Trinajstić information content (AvgIpc) is 2.14. The average molecular weight is 195 g/mol. The number of ether oxygens (including phenoxy) is 1. The van der Waals surface area contributed by atoms with Crippen molar-refractivity contribution in [1.29, 1.82) is 0 Å². The third-order valence-corrected chi connectivity index (χ3v) is 1.53. The van der Waals surface area contributed by atoms with Gasteiger partial charge in [-0.1, -0.05) is 0 Å². The summed E-state index contributed by atoms with van der Waals surface area (Å²) < 4.78 is 5.05. The summed E-state index contributed by atoms with van der Waals surface area (Å²) in [6.45, 7) is 5.60. The lowest BCUT2D eigenvalue weighted by Crippen LogP contribution is -2.22. The molecule has 0 aliphatic rings. The molecule has 0 atom stereocenters. The molecule has 0 unspecified atom stereocenters. The van der Waals surface area contributed by atoms with E-state index in [2.05, 4.69) is 15.4 Å². The Bertz CT molecular complexity index is 306. The normalized spacial score (nSPS) is 11.1. The predicted octanol–water partition coefficient (Wildman–Crippen LogP) is 0.961. The van der Waals surface area contributed by atoms with Crippen LogP contribution in [0, 0.1) is 5.41 Å². The Morgan fingerprint density at radius 2 is 1.93 bits per heavy atom. The van der Waals surface area contributed by atoms with E-state index in [-0.39, 0.29) is 12.6 Å². The Balaban J connectivity index is 2.46. The second-order valence-corrected chi connectivity index (χ2v) is 3.98. The molecule has 1 aromatic rings. The molecule has 0 bridgehead atoms. The van der Waals surface area contributed by atoms with E-state index in [1.165, 1.54) is 12.4 Å². The fraction of sp³-hybridized carbons (Fsp3) is 0.556. The van der Waals surface area contributed by atoms with Crippen molar-refractivity contribution in [3.05, 3.63) is 18.0 Å². The molecule has 0 saturated heterocycles. The van der Waals surface area contributed by atoms with Crippen molar-refractivity contribution in [1.82, 2.24) is 15.4 Å². The van der Waals surface area contributed by atoms with Crippen LogP contribution in [0.5, 0.6) is 0 Å². The zero-order valence-corrected chi connectivity index (χ0v) is 8.52. The third-order valence-electron chi connectivity index (χ3n) is 1.53. The summed E-state index contributed by atoms with van der Waals surface area (Å²) in [5, 5.41) is 10.5. The Morgan fingerprint density at radius 1 is 1.36 bits per heavy atom. The number of nitrogens with zero attached hydrogens (tertiary/aromatic N) is 3. The van der Waals surface area contributed by atoms with Crippen molar-refractivity contribution < 1.29 is 9.53 Å². The van der Waals surface area contributed by atoms with Crippen LogP contribution in [0.25, 0.3) is 0 Å². The van der Waals surface area contributed by atoms with Crippen molar-refractivity contribution in [3.8, 4) is 0 Å². The number of esters is 1. The van der Waals surface area contributed by atoms with Gasteiger partial charge in [-0.25, -0.2) is 0 Å². The molecule has 5 heteroatoms. The smallest absolute Gasteiger partial charge is 0.311 e. The molecule has 5 nitrogen and oxygen atoms in total. The van der Waals surface area contributed by atoms with Crippen LogP contribution >= 0.6 is 0 Å². The molecule has 0 N–H and O–H groups in total. The molecular formula is C9H13N3O2. The third kappa shape index (κ3) is 3.08. The summed E-state index contributed by atoms with van der Waals surface area (Å²) in [5.74, 6) is -0.241. The van der Waals surface area contributed by atoms with E-state index < -0.39 is 5.41 Å². The largest absolute Gasteiger partial charge is 0.460 e. The van der Waals surface area contributed by atoms with Gasteiger partial charge in [-0.05, 0) is 26.0 Å². The number of carbonyl (C=O) groups is 1. The summed E-state index contributed by atoms with van der Waals surface area (Å²) in [6.07, 6.45) is 3.03. The first-order chi connectivity index (χ1) is 6.50. The topological polar surface area (TPSA) is 65.0 Å². The molecule has 0 spiro atoms. The minimum atomic E-state index is -0.478. The maximum atomic E-state index is 11.4. The highest BCUT2D eigenvalue weighted by molar-refractivity contribution is 5.75. The van der Waals surface area contributed by atoms with Crippen LogP contribution in [0.4, 0.5) is 0 Å². The first-order valence-electron chi connectivity index (χ1n) is 4.29. The van der Waals surface area contributed by atoms with Gasteiger partial charge in [0.2, 0.25) is 0 Å². The van der Waals surface area contributed by atoms with Gasteiger partial charge < -0.3 is 4.74 Å². The lowest BCUT2D eigenvalue weighted by atomic mass is 9.97. The lowest BCUT2D eigenvalue weighted by molar-refractivity contribution is -0.154. The van der Waals surface area contributed by atoms with Crippen LogP contribution in [-0.4, -0.2) is 21.4 Å². The van der Waals surface area contributed by atoms with E-state index in [1.807, 2.05) is 0 Å². The van der Waals surface area contributed by atoms with Crippen LogP contribution in [0.2, 0.25) is 0 Å². The number of aromatic nitrogens is 3. The van der Waals surface area contributed by atoms with Crippen LogP contribution in [0.3, 0.4) is 0 Å². The van der Waals surface area contributed by atoms with Gasteiger partial charge in [0.1, 0.15) is 6.61 Å². The van der Waals surface area contributed by atoms with Crippen molar-refractivity contribution in [2.75, 3.05) is 0 Å². The van der Waals surface area contributed by atoms with Crippen molar-refractivity contribution in [2.24, 2.45) is 5.41 Å². The van der Waals surface area contributed by atoms with Gasteiger partial charge in [0.15, 0.2) is 0 Å². The highest BCUT2D eigenvalue weighted by atomic mass is 16.5. The molecule has 0 aliphatic heterocycles. The Morgan fingerprint density at radius 3 is 2.43 bits per heavy atom. The number of hydrogen-bond acceptors (Lipinski definition) is 5. The first kappa shape index (κ1) is 10.6. The maximum absolute atomic E-state index is 11.4. The van der Waals surface area contributed by atoms with Gasteiger partial charge in [0.25, 0.3) is 0 Å². The fourth-order valence-corrected chi connectivity index (χ4v) is 0.703. The minimum Gasteiger partial charge on any atom is -0.460 e. The summed E-state index contributed by atoms with van der Waals surface area (Å²) in [4.78, 5) is 11.4. The minimum absolute atomic E-state index is 0.193. The molecule has 0 amide bonds. The zero-order chi connectivity index (χ0) is 10.6. The number of rotatable bonds is 2. The van der Waals surface area contributed by atoms with E-state index in [0.29, 0.717) is 0 Å². The molecule has 0 radical (unpaired) electrons. The Labute approximate surface area is 82.5 Å². The molecule has 1 heterocycles. The van der Waals surface area contributed by atoms with E-state index in [1.54, 1.807) is 20.8 Å². The van der Waals surface area contributed by atoms with Gasteiger partial charge >= 0.3 is 5.97 Å². The van der Waals surface area contributed by atoms with E-state index in [0.717, 1.165) is 5.56 Å². The van der Waals surface area contributed by atoms with Crippen molar-refractivity contribution in [2.45, 2.75) is 27.4 Å². The SMILES string of the molecule is CC(C)(C)C(=O)OCc1cnnnc1. The quantitative estimate of drug-likeness (QED) is 0.657. The van der Waals surface area contributed by atoms with E-state index in [4.69, 9.17) is 4.74 Å². The summed E-state index contributed by atoms with van der Waals surface area (Å²) >= 11 is 0. The van der Waals surface area contributed by atoms with Crippen LogP contribution in [-0.2, 0) is 16.1 Å². The Kier molecular flexibility index (Phi) is 3.11. The molecule has 14 heavy (non-hydrogen) atoms. The number of hydrogen-bond donors (Lipinski definition) is 0. The Hall–Kier alpha value is -1.52. The standard InChI is InChI=1S/C9H13N3O2/c1-9(2,3)8(13)14-6-7-4-10-12-11-5-7/h4-5H,6H2,1-3H3. The maximum Gasteiger partial charge on any atom is 0.311 e. The molecular weight excluding hydrogens is 182 g/mol. The first-order valence-corrected chi connectivity index (χ1v) is 4.29. The molecule has 76 valence electrons. The van der Waals surface area contributed by atoms with Gasteiger partial charge in [-0.15, -0.1) is 10.2 Å². The monoisotopic (exact) mass is 195 g/mol. The van der Waals surface area contributed by atoms with E-state index >= 15 is 0 Å². The van der Waals surface area contributed by atoms with Gasteiger partial charge in [-0.2, -0.15) is 0 Å². The molecule has 1 aromatic heterocycles. The second-order valence-electron chi connectivity index (χ2n) is 3.98. The lowest BCUT2D eigenvalue weighted by Gasteiger charge is -2.16. The van der Waals surface area contributed by atoms with Crippen molar-refractivity contribution >= 4 is 5.97 Å². The van der Waals surface area contributed by atoms with Gasteiger partial charge in [0.05, 0.1) is 17.8 Å². The molecule has 1 rings (SSSR count). The van der Waals surface area contributed by atoms with Crippen LogP contribution in [0.1, 0.15) is 26.3 Å². The summed E-state index contributed by atoms with van der Waals surface area (Å²) in [6, 6.07) is 0. The highest BCUT2D eigenvalue weighted by Gasteiger charge is 2.22. The van der Waals surface area contributed by atoms with Crippen LogP contribution in [0.15, 0.2) is 12.4 Å². The molecule has 0 aliphatic carbocycles. The molecule has 0 fully saturated rings. The summed E-state index contributed by atoms with van der Waals surface area (Å²) in [7, 11) is 0. The van der Waals surface area contributed by atoms with Crippen molar-refractivity contribution in [3.63, 3.8) is 0 Å². The second kappa shape index (κ2) is 4.13. The van der Waals surface area contributed by atoms with E-state index in [9.17, 15) is 4.79 Å². The summed E-state index contributed by atoms with van der Waals surface area (Å²) in [5.41, 5.74) is 0.256. The molecule has 0 saturated carbocycles.